The second kappa shape index (κ2) is 10.5. The van der Waals surface area contributed by atoms with Gasteiger partial charge in [0.1, 0.15) is 6.61 Å². The van der Waals surface area contributed by atoms with Crippen molar-refractivity contribution in [3.8, 4) is 28.7 Å². The number of carbonyl (C=O) groups is 1. The molecular weight excluding hydrogens is 416 g/mol. The molecule has 1 heterocycles. The van der Waals surface area contributed by atoms with Gasteiger partial charge in [0, 0.05) is 11.8 Å². The van der Waals surface area contributed by atoms with Crippen molar-refractivity contribution in [3.05, 3.63) is 46.9 Å². The van der Waals surface area contributed by atoms with E-state index in [1.807, 2.05) is 6.92 Å². The Kier molecular flexibility index (Phi) is 7.54. The molecule has 0 fully saturated rings. The number of hydrogen-bond acceptors (Lipinski definition) is 8. The minimum absolute atomic E-state index is 0.123. The van der Waals surface area contributed by atoms with E-state index >= 15 is 0 Å². The number of methoxy groups -OCH3 is 2. The van der Waals surface area contributed by atoms with Crippen LogP contribution in [0.4, 0.5) is 0 Å². The number of hydrogen-bond donors (Lipinski definition) is 0. The first-order chi connectivity index (χ1) is 15.5. The van der Waals surface area contributed by atoms with Crippen LogP contribution in [-0.2, 0) is 11.3 Å². The molecule has 0 bridgehead atoms. The Morgan fingerprint density at radius 1 is 1.00 bits per heavy atom. The second-order valence-electron chi connectivity index (χ2n) is 6.66. The van der Waals surface area contributed by atoms with E-state index in [0.29, 0.717) is 40.4 Å². The lowest BCUT2D eigenvalue weighted by molar-refractivity contribution is -0.134. The minimum Gasteiger partial charge on any atom is -0.493 e. The molecule has 3 aromatic rings. The topological polar surface area (TPSA) is 98.1 Å². The van der Waals surface area contributed by atoms with Gasteiger partial charge in [-0.3, -0.25) is 9.59 Å². The van der Waals surface area contributed by atoms with E-state index in [0.717, 1.165) is 0 Å². The maximum atomic E-state index is 12.9. The Labute approximate surface area is 185 Å². The van der Waals surface area contributed by atoms with Gasteiger partial charge in [-0.25, -0.2) is 4.68 Å². The van der Waals surface area contributed by atoms with E-state index in [-0.39, 0.29) is 30.9 Å². The highest BCUT2D eigenvalue weighted by Gasteiger charge is 2.16. The van der Waals surface area contributed by atoms with Crippen molar-refractivity contribution in [1.82, 2.24) is 9.78 Å². The zero-order chi connectivity index (χ0) is 23.1. The highest BCUT2D eigenvalue weighted by atomic mass is 16.6. The third kappa shape index (κ3) is 4.93. The van der Waals surface area contributed by atoms with Gasteiger partial charge in [0.05, 0.1) is 39.0 Å². The number of fused-ring (bicyclic) bond motifs is 1. The number of para-hydroxylation sites is 1. The van der Waals surface area contributed by atoms with Gasteiger partial charge in [0.25, 0.3) is 5.56 Å². The zero-order valence-corrected chi connectivity index (χ0v) is 18.5. The highest BCUT2D eigenvalue weighted by molar-refractivity contribution is 5.84. The fourth-order valence-corrected chi connectivity index (χ4v) is 3.08. The second-order valence-corrected chi connectivity index (χ2v) is 6.66. The molecule has 0 N–H and O–H groups in total. The summed E-state index contributed by atoms with van der Waals surface area (Å²) in [5, 5.41) is 5.31. The summed E-state index contributed by atoms with van der Waals surface area (Å²) in [5.41, 5.74) is -0.284. The van der Waals surface area contributed by atoms with Crippen LogP contribution in [0.3, 0.4) is 0 Å². The van der Waals surface area contributed by atoms with Crippen LogP contribution in [0.5, 0.6) is 28.7 Å². The summed E-state index contributed by atoms with van der Waals surface area (Å²) < 4.78 is 28.7. The molecule has 0 spiro atoms. The summed E-state index contributed by atoms with van der Waals surface area (Å²) in [7, 11) is 3.04. The summed E-state index contributed by atoms with van der Waals surface area (Å²) >= 11 is 0. The van der Waals surface area contributed by atoms with E-state index in [1.165, 1.54) is 18.9 Å². The van der Waals surface area contributed by atoms with Gasteiger partial charge in [-0.2, -0.15) is 5.10 Å². The fraction of sp³-hybridized carbons (Fsp3) is 0.348. The molecule has 3 rings (SSSR count). The number of ether oxygens (including phenoxy) is 5. The Morgan fingerprint density at radius 2 is 1.69 bits per heavy atom. The molecule has 0 saturated heterocycles. The van der Waals surface area contributed by atoms with Gasteiger partial charge < -0.3 is 23.7 Å². The summed E-state index contributed by atoms with van der Waals surface area (Å²) in [6.45, 7) is 4.25. The number of nitrogens with zero attached hydrogens (tertiary/aromatic N) is 2. The van der Waals surface area contributed by atoms with E-state index in [1.54, 1.807) is 43.5 Å². The maximum Gasteiger partial charge on any atom is 0.311 e. The Morgan fingerprint density at radius 3 is 2.34 bits per heavy atom. The third-order valence-electron chi connectivity index (χ3n) is 4.66. The van der Waals surface area contributed by atoms with Crippen LogP contribution in [0.1, 0.15) is 20.3 Å². The molecule has 0 amide bonds. The molecule has 0 aliphatic heterocycles. The van der Waals surface area contributed by atoms with Crippen molar-refractivity contribution in [1.29, 1.82) is 0 Å². The average molecular weight is 442 g/mol. The molecule has 0 radical (unpaired) electrons. The van der Waals surface area contributed by atoms with Crippen molar-refractivity contribution in [3.63, 3.8) is 0 Å². The van der Waals surface area contributed by atoms with Crippen LogP contribution >= 0.6 is 0 Å². The van der Waals surface area contributed by atoms with Crippen molar-refractivity contribution in [2.24, 2.45) is 0 Å². The molecule has 0 saturated carbocycles. The smallest absolute Gasteiger partial charge is 0.311 e. The quantitative estimate of drug-likeness (QED) is 0.349. The van der Waals surface area contributed by atoms with Gasteiger partial charge in [-0.15, -0.1) is 0 Å². The van der Waals surface area contributed by atoms with Crippen molar-refractivity contribution in [2.45, 2.75) is 26.8 Å². The Bertz CT molecular complexity index is 1160. The predicted octanol–water partition coefficient (Wildman–Crippen LogP) is 3.21. The first-order valence-corrected chi connectivity index (χ1v) is 10.2. The van der Waals surface area contributed by atoms with Gasteiger partial charge in [0.15, 0.2) is 23.0 Å². The van der Waals surface area contributed by atoms with Crippen LogP contribution in [0, 0.1) is 0 Å². The monoisotopic (exact) mass is 442 g/mol. The van der Waals surface area contributed by atoms with E-state index < -0.39 is 5.97 Å². The molecule has 2 aromatic carbocycles. The predicted molar refractivity (Wildman–Crippen MR) is 118 cm³/mol. The lowest BCUT2D eigenvalue weighted by atomic mass is 10.2. The van der Waals surface area contributed by atoms with Gasteiger partial charge in [-0.1, -0.05) is 13.0 Å². The normalized spacial score (nSPS) is 10.6. The molecular formula is C23H26N2O7. The first kappa shape index (κ1) is 22.9. The first-order valence-electron chi connectivity index (χ1n) is 10.2. The van der Waals surface area contributed by atoms with Crippen LogP contribution < -0.4 is 29.2 Å². The summed E-state index contributed by atoms with van der Waals surface area (Å²) in [5.74, 6) is 1.55. The summed E-state index contributed by atoms with van der Waals surface area (Å²) in [6, 6.07) is 8.45. The minimum atomic E-state index is -0.404. The highest BCUT2D eigenvalue weighted by Crippen LogP contribution is 2.37. The van der Waals surface area contributed by atoms with Gasteiger partial charge in [0.2, 0.25) is 5.75 Å². The maximum absolute atomic E-state index is 12.9. The van der Waals surface area contributed by atoms with E-state index in [2.05, 4.69) is 5.10 Å². The molecule has 0 aliphatic rings. The van der Waals surface area contributed by atoms with Crippen molar-refractivity contribution < 1.29 is 28.5 Å². The van der Waals surface area contributed by atoms with Gasteiger partial charge >= 0.3 is 5.97 Å². The Balaban J connectivity index is 1.82. The van der Waals surface area contributed by atoms with Crippen LogP contribution in [-0.4, -0.2) is 43.2 Å². The summed E-state index contributed by atoms with van der Waals surface area (Å²) in [6.07, 6.45) is 1.80. The SMILES string of the molecule is CCOc1cccc(OCCn2ncc3cc(OC)c(OC)cc3c2=O)c1OC(=O)CC. The molecule has 32 heavy (non-hydrogen) atoms. The van der Waals surface area contributed by atoms with Crippen LogP contribution in [0.25, 0.3) is 10.8 Å². The van der Waals surface area contributed by atoms with Gasteiger partial charge in [-0.05, 0) is 31.2 Å². The number of aromatic nitrogens is 2. The number of esters is 1. The van der Waals surface area contributed by atoms with E-state index in [4.69, 9.17) is 23.7 Å². The average Bonchev–Trinajstić information content (AvgIpc) is 2.81. The van der Waals surface area contributed by atoms with Crippen molar-refractivity contribution >= 4 is 16.7 Å². The number of rotatable bonds is 10. The number of benzene rings is 2. The summed E-state index contributed by atoms with van der Waals surface area (Å²) in [4.78, 5) is 24.7. The molecule has 0 aliphatic carbocycles. The largest absolute Gasteiger partial charge is 0.493 e. The third-order valence-corrected chi connectivity index (χ3v) is 4.66. The molecule has 1 aromatic heterocycles. The standard InChI is InChI=1S/C23H26N2O7/c1-5-21(26)32-22-17(30-6-2)8-7-9-18(22)31-11-10-25-23(27)16-13-20(29-4)19(28-3)12-15(16)14-24-25/h7-9,12-14H,5-6,10-11H2,1-4H3. The molecule has 0 unspecified atom stereocenters. The Hall–Kier alpha value is -3.75. The molecule has 9 nitrogen and oxygen atoms in total. The lowest BCUT2D eigenvalue weighted by Crippen LogP contribution is -2.25. The lowest BCUT2D eigenvalue weighted by Gasteiger charge is -2.15. The molecule has 9 heteroatoms. The van der Waals surface area contributed by atoms with Crippen molar-refractivity contribution in [2.75, 3.05) is 27.4 Å². The van der Waals surface area contributed by atoms with Crippen LogP contribution in [0.15, 0.2) is 41.3 Å². The molecule has 170 valence electrons. The van der Waals surface area contributed by atoms with Crippen LogP contribution in [0.2, 0.25) is 0 Å². The number of carbonyl (C=O) groups excluding carboxylic acids is 1. The zero-order valence-electron chi connectivity index (χ0n) is 18.5. The van der Waals surface area contributed by atoms with E-state index in [9.17, 15) is 9.59 Å². The fourth-order valence-electron chi connectivity index (χ4n) is 3.08. The molecule has 0 atom stereocenters.